The summed E-state index contributed by atoms with van der Waals surface area (Å²) in [6, 6.07) is 5.84. The molecule has 0 unspecified atom stereocenters. The van der Waals surface area contributed by atoms with Crippen LogP contribution in [0.25, 0.3) is 0 Å². The van der Waals surface area contributed by atoms with Crippen LogP contribution in [0.4, 0.5) is 17.2 Å². The van der Waals surface area contributed by atoms with Crippen LogP contribution in [0, 0.1) is 13.8 Å². The number of hydrogen-bond acceptors (Lipinski definition) is 3. The zero-order chi connectivity index (χ0) is 13.3. The Hall–Kier alpha value is -1.68. The smallest absolute Gasteiger partial charge is 0.152 e. The van der Waals surface area contributed by atoms with Crippen LogP contribution in [0.5, 0.6) is 0 Å². The van der Waals surface area contributed by atoms with E-state index in [1.54, 1.807) is 0 Å². The van der Waals surface area contributed by atoms with E-state index in [9.17, 15) is 0 Å². The summed E-state index contributed by atoms with van der Waals surface area (Å²) in [7, 11) is 0. The quantitative estimate of drug-likeness (QED) is 0.892. The number of nitrogen functional groups attached to an aromatic ring is 1. The molecular weight excluding hydrogens is 248 g/mol. The minimum absolute atomic E-state index is 0.675. The van der Waals surface area contributed by atoms with Crippen LogP contribution in [0.3, 0.4) is 0 Å². The third-order valence-electron chi connectivity index (χ3n) is 2.91. The Labute approximate surface area is 112 Å². The van der Waals surface area contributed by atoms with Gasteiger partial charge in [-0.25, -0.2) is 4.68 Å². The average Bonchev–Trinajstić information content (AvgIpc) is 2.61. The molecular formula is C13H17ClN4. The third kappa shape index (κ3) is 2.29. The number of benzene rings is 1. The highest BCUT2D eigenvalue weighted by Gasteiger charge is 2.11. The van der Waals surface area contributed by atoms with E-state index in [0.717, 1.165) is 34.3 Å². The Morgan fingerprint density at radius 2 is 2.11 bits per heavy atom. The maximum Gasteiger partial charge on any atom is 0.152 e. The van der Waals surface area contributed by atoms with Crippen LogP contribution in [-0.2, 0) is 6.54 Å². The Morgan fingerprint density at radius 3 is 2.72 bits per heavy atom. The van der Waals surface area contributed by atoms with Crippen LogP contribution in [-0.4, -0.2) is 9.78 Å². The second kappa shape index (κ2) is 4.90. The molecule has 0 saturated heterocycles. The minimum Gasteiger partial charge on any atom is -0.394 e. The molecule has 1 aromatic carbocycles. The van der Waals surface area contributed by atoms with Gasteiger partial charge in [0.05, 0.1) is 11.4 Å². The summed E-state index contributed by atoms with van der Waals surface area (Å²) in [6.07, 6.45) is 0. The molecule has 5 heteroatoms. The van der Waals surface area contributed by atoms with Crippen LogP contribution in [0.1, 0.15) is 18.2 Å². The Balaban J connectivity index is 2.36. The van der Waals surface area contributed by atoms with E-state index in [0.29, 0.717) is 5.69 Å². The molecule has 3 N–H and O–H groups in total. The van der Waals surface area contributed by atoms with Crippen molar-refractivity contribution in [3.8, 4) is 0 Å². The lowest BCUT2D eigenvalue weighted by Gasteiger charge is -2.10. The second-order valence-electron chi connectivity index (χ2n) is 4.25. The Bertz CT molecular complexity index is 575. The van der Waals surface area contributed by atoms with E-state index < -0.39 is 0 Å². The molecule has 1 aromatic heterocycles. The number of nitrogens with zero attached hydrogens (tertiary/aromatic N) is 2. The molecule has 0 atom stereocenters. The fourth-order valence-electron chi connectivity index (χ4n) is 1.76. The normalized spacial score (nSPS) is 10.7. The second-order valence-corrected chi connectivity index (χ2v) is 4.66. The van der Waals surface area contributed by atoms with Gasteiger partial charge in [-0.3, -0.25) is 0 Å². The topological polar surface area (TPSA) is 55.9 Å². The number of nitrogens with two attached hydrogens (primary N) is 1. The van der Waals surface area contributed by atoms with Gasteiger partial charge < -0.3 is 11.1 Å². The van der Waals surface area contributed by atoms with Crippen molar-refractivity contribution >= 4 is 28.8 Å². The molecule has 0 aliphatic rings. The van der Waals surface area contributed by atoms with Gasteiger partial charge in [0.1, 0.15) is 0 Å². The van der Waals surface area contributed by atoms with E-state index in [2.05, 4.69) is 10.4 Å². The van der Waals surface area contributed by atoms with Crippen molar-refractivity contribution in [3.05, 3.63) is 34.5 Å². The molecule has 96 valence electrons. The maximum absolute atomic E-state index is 6.11. The molecule has 0 fully saturated rings. The lowest BCUT2D eigenvalue weighted by Crippen LogP contribution is -2.04. The number of aromatic nitrogens is 2. The van der Waals surface area contributed by atoms with Crippen molar-refractivity contribution < 1.29 is 0 Å². The van der Waals surface area contributed by atoms with Crippen molar-refractivity contribution in [3.63, 3.8) is 0 Å². The first-order valence-corrected chi connectivity index (χ1v) is 6.26. The molecule has 0 saturated carbocycles. The van der Waals surface area contributed by atoms with E-state index in [4.69, 9.17) is 17.3 Å². The number of halogens is 1. The van der Waals surface area contributed by atoms with Crippen LogP contribution < -0.4 is 11.1 Å². The largest absolute Gasteiger partial charge is 0.394 e. The zero-order valence-electron chi connectivity index (χ0n) is 10.8. The van der Waals surface area contributed by atoms with Gasteiger partial charge in [-0.15, -0.1) is 0 Å². The van der Waals surface area contributed by atoms with Crippen molar-refractivity contribution in [2.75, 3.05) is 11.1 Å². The number of hydrogen-bond donors (Lipinski definition) is 2. The number of nitrogens with one attached hydrogen (secondary N) is 1. The van der Waals surface area contributed by atoms with Gasteiger partial charge in [0.25, 0.3) is 0 Å². The van der Waals surface area contributed by atoms with Gasteiger partial charge in [0, 0.05) is 17.3 Å². The fourth-order valence-corrected chi connectivity index (χ4v) is 1.94. The van der Waals surface area contributed by atoms with E-state index >= 15 is 0 Å². The van der Waals surface area contributed by atoms with Crippen molar-refractivity contribution in [1.29, 1.82) is 0 Å². The van der Waals surface area contributed by atoms with E-state index in [1.165, 1.54) is 0 Å². The first kappa shape index (κ1) is 12.8. The number of anilines is 3. The lowest BCUT2D eigenvalue weighted by atomic mass is 10.2. The predicted molar refractivity (Wildman–Crippen MR) is 76.5 cm³/mol. The van der Waals surface area contributed by atoms with Crippen LogP contribution in [0.2, 0.25) is 5.02 Å². The summed E-state index contributed by atoms with van der Waals surface area (Å²) in [5, 5.41) is 8.37. The molecule has 0 aliphatic carbocycles. The first-order valence-electron chi connectivity index (χ1n) is 5.89. The van der Waals surface area contributed by atoms with Gasteiger partial charge in [-0.05, 0) is 38.5 Å². The van der Waals surface area contributed by atoms with Gasteiger partial charge in [-0.2, -0.15) is 5.10 Å². The highest BCUT2D eigenvalue weighted by Crippen LogP contribution is 2.28. The van der Waals surface area contributed by atoms with E-state index in [-0.39, 0.29) is 0 Å². The molecule has 0 radical (unpaired) electrons. The number of aryl methyl sites for hydroxylation is 3. The molecule has 0 bridgehead atoms. The zero-order valence-corrected chi connectivity index (χ0v) is 11.5. The highest BCUT2D eigenvalue weighted by molar-refractivity contribution is 6.31. The minimum atomic E-state index is 0.675. The first-order chi connectivity index (χ1) is 8.52. The van der Waals surface area contributed by atoms with Gasteiger partial charge >= 0.3 is 0 Å². The molecule has 0 amide bonds. The Morgan fingerprint density at radius 1 is 1.39 bits per heavy atom. The van der Waals surface area contributed by atoms with Gasteiger partial charge in [-0.1, -0.05) is 17.7 Å². The van der Waals surface area contributed by atoms with Crippen molar-refractivity contribution in [2.24, 2.45) is 0 Å². The highest BCUT2D eigenvalue weighted by atomic mass is 35.5. The maximum atomic E-state index is 6.11. The molecule has 2 aromatic rings. The van der Waals surface area contributed by atoms with Crippen molar-refractivity contribution in [1.82, 2.24) is 9.78 Å². The van der Waals surface area contributed by atoms with Crippen LogP contribution >= 0.6 is 11.6 Å². The van der Waals surface area contributed by atoms with Crippen LogP contribution in [0.15, 0.2) is 18.2 Å². The summed E-state index contributed by atoms with van der Waals surface area (Å²) in [5.41, 5.74) is 9.48. The molecule has 0 aliphatic heterocycles. The van der Waals surface area contributed by atoms with Gasteiger partial charge in [0.15, 0.2) is 5.82 Å². The third-order valence-corrected chi connectivity index (χ3v) is 3.32. The molecule has 18 heavy (non-hydrogen) atoms. The number of rotatable bonds is 3. The molecule has 2 rings (SSSR count). The standard InChI is InChI=1S/C13H17ClN4/c1-4-18-13(12(15)9(3)17-18)16-10-6-5-8(2)11(14)7-10/h5-7,16H,4,15H2,1-3H3. The monoisotopic (exact) mass is 264 g/mol. The summed E-state index contributed by atoms with van der Waals surface area (Å²) < 4.78 is 1.85. The lowest BCUT2D eigenvalue weighted by molar-refractivity contribution is 0.661. The van der Waals surface area contributed by atoms with Gasteiger partial charge in [0.2, 0.25) is 0 Å². The fraction of sp³-hybridized carbons (Fsp3) is 0.308. The average molecular weight is 265 g/mol. The SMILES string of the molecule is CCn1nc(C)c(N)c1Nc1ccc(C)c(Cl)c1. The summed E-state index contributed by atoms with van der Waals surface area (Å²) in [4.78, 5) is 0. The summed E-state index contributed by atoms with van der Waals surface area (Å²) >= 11 is 6.11. The molecule has 0 spiro atoms. The summed E-state index contributed by atoms with van der Waals surface area (Å²) in [5.74, 6) is 0.815. The van der Waals surface area contributed by atoms with E-state index in [1.807, 2.05) is 43.7 Å². The van der Waals surface area contributed by atoms with Crippen molar-refractivity contribution in [2.45, 2.75) is 27.3 Å². The predicted octanol–water partition coefficient (Wildman–Crippen LogP) is 3.50. The summed E-state index contributed by atoms with van der Waals surface area (Å²) in [6.45, 7) is 6.66. The Kier molecular flexibility index (Phi) is 3.48. The molecule has 4 nitrogen and oxygen atoms in total. The molecule has 1 heterocycles.